The molecule has 0 bridgehead atoms. The molecule has 4 amide bonds. The number of anilines is 1. The van der Waals surface area contributed by atoms with Crippen LogP contribution in [-0.4, -0.2) is 29.3 Å². The van der Waals surface area contributed by atoms with Crippen LogP contribution in [0.4, 0.5) is 10.5 Å². The van der Waals surface area contributed by atoms with Gasteiger partial charge in [-0.05, 0) is 60.5 Å². The smallest absolute Gasteiger partial charge is 0.325 e. The van der Waals surface area contributed by atoms with Crippen LogP contribution in [0.2, 0.25) is 0 Å². The van der Waals surface area contributed by atoms with Gasteiger partial charge in [0, 0.05) is 5.69 Å². The quantitative estimate of drug-likeness (QED) is 0.415. The first-order valence-corrected chi connectivity index (χ1v) is 11.4. The van der Waals surface area contributed by atoms with Crippen LogP contribution >= 0.6 is 0 Å². The van der Waals surface area contributed by atoms with E-state index >= 15 is 0 Å². The zero-order chi connectivity index (χ0) is 24.6. The molecule has 7 heteroatoms. The molecule has 3 aromatic carbocycles. The molecule has 35 heavy (non-hydrogen) atoms. The molecule has 1 atom stereocenters. The van der Waals surface area contributed by atoms with E-state index in [1.165, 1.54) is 4.90 Å². The number of nitrogens with zero attached hydrogens (tertiary/aromatic N) is 2. The van der Waals surface area contributed by atoms with Gasteiger partial charge in [0.1, 0.15) is 17.8 Å². The van der Waals surface area contributed by atoms with E-state index in [4.69, 9.17) is 4.42 Å². The summed E-state index contributed by atoms with van der Waals surface area (Å²) in [6, 6.07) is 23.9. The van der Waals surface area contributed by atoms with E-state index in [2.05, 4.69) is 5.32 Å². The molecule has 0 saturated carbocycles. The lowest BCUT2D eigenvalue weighted by atomic mass is 9.90. The van der Waals surface area contributed by atoms with E-state index in [9.17, 15) is 14.4 Å². The highest BCUT2D eigenvalue weighted by atomic mass is 16.3. The number of imide groups is 1. The van der Waals surface area contributed by atoms with Crippen molar-refractivity contribution in [3.05, 3.63) is 102 Å². The summed E-state index contributed by atoms with van der Waals surface area (Å²) in [5, 5.41) is 4.80. The lowest BCUT2D eigenvalue weighted by molar-refractivity contribution is -0.134. The fraction of sp³-hybridized carbons (Fsp3) is 0.179. The summed E-state index contributed by atoms with van der Waals surface area (Å²) in [6.07, 6.45) is 1.54. The first-order chi connectivity index (χ1) is 16.8. The molecule has 1 N–H and O–H groups in total. The minimum Gasteiger partial charge on any atom is -0.467 e. The van der Waals surface area contributed by atoms with Crippen LogP contribution in [-0.2, 0) is 21.7 Å². The van der Waals surface area contributed by atoms with Crippen molar-refractivity contribution in [1.82, 2.24) is 10.2 Å². The molecular formula is C28H25N3O4. The number of amides is 4. The predicted octanol–water partition coefficient (Wildman–Crippen LogP) is 4.74. The molecule has 2 heterocycles. The normalized spacial score (nSPS) is 17.6. The van der Waals surface area contributed by atoms with Crippen LogP contribution in [0, 0.1) is 6.92 Å². The lowest BCUT2D eigenvalue weighted by Gasteiger charge is -2.25. The van der Waals surface area contributed by atoms with Crippen LogP contribution in [0.15, 0.2) is 89.5 Å². The van der Waals surface area contributed by atoms with Crippen LogP contribution in [0.1, 0.15) is 23.8 Å². The molecule has 1 unspecified atom stereocenters. The number of nitrogens with one attached hydrogen (secondary N) is 1. The van der Waals surface area contributed by atoms with E-state index in [0.29, 0.717) is 17.0 Å². The number of carbonyl (C=O) groups excluding carboxylic acids is 3. The van der Waals surface area contributed by atoms with Gasteiger partial charge < -0.3 is 14.6 Å². The molecule has 1 aromatic heterocycles. The molecule has 1 fully saturated rings. The summed E-state index contributed by atoms with van der Waals surface area (Å²) in [4.78, 5) is 42.3. The Bertz CT molecular complexity index is 1410. The first-order valence-electron chi connectivity index (χ1n) is 11.4. The molecule has 0 spiro atoms. The fourth-order valence-electron chi connectivity index (χ4n) is 4.36. The standard InChI is InChI=1S/C28H25N3O4/c1-19-9-13-23(14-10-19)30(17-24-8-5-15-35-24)25(32)18-31-26(33)28(2,29-27(31)34)22-12-11-20-6-3-4-7-21(20)16-22/h3-16H,17-18H2,1-2H3,(H,29,34). The molecule has 1 aliphatic rings. The van der Waals surface area contributed by atoms with Crippen molar-refractivity contribution in [1.29, 1.82) is 0 Å². The maximum absolute atomic E-state index is 13.5. The Morgan fingerprint density at radius 1 is 0.971 bits per heavy atom. The number of hydrogen-bond acceptors (Lipinski definition) is 4. The van der Waals surface area contributed by atoms with Crippen molar-refractivity contribution in [2.75, 3.05) is 11.4 Å². The number of rotatable bonds is 6. The summed E-state index contributed by atoms with van der Waals surface area (Å²) in [6.45, 7) is 3.43. The largest absolute Gasteiger partial charge is 0.467 e. The van der Waals surface area contributed by atoms with Crippen molar-refractivity contribution in [3.8, 4) is 0 Å². The number of hydrogen-bond donors (Lipinski definition) is 1. The Morgan fingerprint density at radius 3 is 2.43 bits per heavy atom. The second-order valence-corrected chi connectivity index (χ2v) is 8.90. The number of furan rings is 1. The number of benzene rings is 3. The fourth-order valence-corrected chi connectivity index (χ4v) is 4.36. The molecular weight excluding hydrogens is 442 g/mol. The third kappa shape index (κ3) is 4.17. The average molecular weight is 468 g/mol. The number of fused-ring (bicyclic) bond motifs is 1. The van der Waals surface area contributed by atoms with Gasteiger partial charge in [-0.15, -0.1) is 0 Å². The molecule has 176 valence electrons. The average Bonchev–Trinajstić information content (AvgIpc) is 3.45. The van der Waals surface area contributed by atoms with Gasteiger partial charge in [0.15, 0.2) is 0 Å². The molecule has 1 aliphatic heterocycles. The zero-order valence-electron chi connectivity index (χ0n) is 19.5. The van der Waals surface area contributed by atoms with Crippen molar-refractivity contribution < 1.29 is 18.8 Å². The van der Waals surface area contributed by atoms with Crippen LogP contribution in [0.3, 0.4) is 0 Å². The van der Waals surface area contributed by atoms with Gasteiger partial charge in [0.05, 0.1) is 12.8 Å². The molecule has 0 radical (unpaired) electrons. The Labute approximate surface area is 202 Å². The highest BCUT2D eigenvalue weighted by Crippen LogP contribution is 2.31. The van der Waals surface area contributed by atoms with E-state index in [1.54, 1.807) is 25.3 Å². The Balaban J connectivity index is 1.41. The third-order valence-corrected chi connectivity index (χ3v) is 6.44. The van der Waals surface area contributed by atoms with Gasteiger partial charge in [-0.25, -0.2) is 4.79 Å². The van der Waals surface area contributed by atoms with E-state index < -0.39 is 23.4 Å². The van der Waals surface area contributed by atoms with Gasteiger partial charge >= 0.3 is 6.03 Å². The van der Waals surface area contributed by atoms with Crippen LogP contribution in [0.5, 0.6) is 0 Å². The number of carbonyl (C=O) groups is 3. The summed E-state index contributed by atoms with van der Waals surface area (Å²) in [7, 11) is 0. The van der Waals surface area contributed by atoms with Crippen LogP contribution < -0.4 is 10.2 Å². The van der Waals surface area contributed by atoms with Gasteiger partial charge in [0.25, 0.3) is 5.91 Å². The minimum absolute atomic E-state index is 0.181. The van der Waals surface area contributed by atoms with E-state index in [0.717, 1.165) is 21.2 Å². The summed E-state index contributed by atoms with van der Waals surface area (Å²) in [5.41, 5.74) is 1.10. The highest BCUT2D eigenvalue weighted by molar-refractivity contribution is 6.10. The van der Waals surface area contributed by atoms with Gasteiger partial charge in [-0.3, -0.25) is 14.5 Å². The zero-order valence-corrected chi connectivity index (χ0v) is 19.5. The second kappa shape index (κ2) is 8.76. The molecule has 5 rings (SSSR count). The number of aryl methyl sites for hydroxylation is 1. The van der Waals surface area contributed by atoms with Gasteiger partial charge in [-0.1, -0.05) is 54.1 Å². The predicted molar refractivity (Wildman–Crippen MR) is 133 cm³/mol. The second-order valence-electron chi connectivity index (χ2n) is 8.90. The monoisotopic (exact) mass is 467 g/mol. The maximum atomic E-state index is 13.5. The third-order valence-electron chi connectivity index (χ3n) is 6.44. The van der Waals surface area contributed by atoms with E-state index in [1.807, 2.05) is 73.7 Å². The lowest BCUT2D eigenvalue weighted by Crippen LogP contribution is -2.44. The summed E-state index contributed by atoms with van der Waals surface area (Å²) in [5.74, 6) is -0.262. The molecule has 1 saturated heterocycles. The van der Waals surface area contributed by atoms with Crippen molar-refractivity contribution in [3.63, 3.8) is 0 Å². The van der Waals surface area contributed by atoms with Crippen molar-refractivity contribution in [2.24, 2.45) is 0 Å². The molecule has 7 nitrogen and oxygen atoms in total. The topological polar surface area (TPSA) is 82.9 Å². The van der Waals surface area contributed by atoms with Gasteiger partial charge in [-0.2, -0.15) is 0 Å². The Hall–Kier alpha value is -4.39. The maximum Gasteiger partial charge on any atom is 0.325 e. The molecule has 4 aromatic rings. The highest BCUT2D eigenvalue weighted by Gasteiger charge is 2.49. The molecule has 0 aliphatic carbocycles. The summed E-state index contributed by atoms with van der Waals surface area (Å²) >= 11 is 0. The first kappa shape index (κ1) is 22.4. The summed E-state index contributed by atoms with van der Waals surface area (Å²) < 4.78 is 5.44. The Morgan fingerprint density at radius 2 is 1.71 bits per heavy atom. The van der Waals surface area contributed by atoms with Crippen molar-refractivity contribution >= 4 is 34.3 Å². The Kier molecular flexibility index (Phi) is 5.61. The SMILES string of the molecule is Cc1ccc(N(Cc2ccco2)C(=O)CN2C(=O)NC(C)(c3ccc4ccccc4c3)C2=O)cc1. The van der Waals surface area contributed by atoms with Crippen LogP contribution in [0.25, 0.3) is 10.8 Å². The van der Waals surface area contributed by atoms with E-state index in [-0.39, 0.29) is 13.1 Å². The van der Waals surface area contributed by atoms with Crippen molar-refractivity contribution in [2.45, 2.75) is 25.9 Å². The number of urea groups is 1. The van der Waals surface area contributed by atoms with Gasteiger partial charge in [0.2, 0.25) is 5.91 Å². The minimum atomic E-state index is -1.27.